The van der Waals surface area contributed by atoms with Gasteiger partial charge < -0.3 is 35.7 Å². The first-order chi connectivity index (χ1) is 24.0. The van der Waals surface area contributed by atoms with Gasteiger partial charge in [-0.05, 0) is 40.5 Å². The average Bonchev–Trinajstić information content (AvgIpc) is 3.08. The molecule has 0 aliphatic heterocycles. The molecule has 0 aliphatic rings. The minimum absolute atomic E-state index is 0.0847. The molecule has 2 aromatic carbocycles. The van der Waals surface area contributed by atoms with E-state index in [-0.39, 0.29) is 19.5 Å². The molecule has 3 rings (SSSR count). The highest BCUT2D eigenvalue weighted by molar-refractivity contribution is 5.86. The number of aromatic nitrogens is 1. The molecule has 0 bridgehead atoms. The molecule has 276 valence electrons. The lowest BCUT2D eigenvalue weighted by Crippen LogP contribution is -2.62. The number of hydrazine groups is 1. The summed E-state index contributed by atoms with van der Waals surface area (Å²) >= 11 is 0. The molecule has 0 saturated carbocycles. The Morgan fingerprint density at radius 2 is 1.51 bits per heavy atom. The number of benzene rings is 2. The maximum Gasteiger partial charge on any atom is 0.407 e. The van der Waals surface area contributed by atoms with E-state index in [1.54, 1.807) is 32.0 Å². The van der Waals surface area contributed by atoms with E-state index in [9.17, 15) is 29.4 Å². The van der Waals surface area contributed by atoms with Crippen LogP contribution in [0.15, 0.2) is 79.0 Å². The molecule has 13 nitrogen and oxygen atoms in total. The van der Waals surface area contributed by atoms with Crippen molar-refractivity contribution in [2.45, 2.75) is 84.8 Å². The molecule has 0 radical (unpaired) electrons. The molecule has 0 saturated heterocycles. The van der Waals surface area contributed by atoms with Crippen LogP contribution in [0.3, 0.4) is 0 Å². The Balaban J connectivity index is 1.98. The van der Waals surface area contributed by atoms with Crippen LogP contribution in [0.4, 0.5) is 9.59 Å². The Labute approximate surface area is 300 Å². The molecule has 1 heterocycles. The first-order valence-electron chi connectivity index (χ1n) is 16.8. The van der Waals surface area contributed by atoms with E-state index in [2.05, 4.69) is 26.4 Å². The van der Waals surface area contributed by atoms with Gasteiger partial charge in [-0.25, -0.2) is 20.0 Å². The van der Waals surface area contributed by atoms with Crippen LogP contribution in [0.1, 0.15) is 52.7 Å². The molecular formula is C38H52N6O7. The molecular weight excluding hydrogens is 652 g/mol. The zero-order chi connectivity index (χ0) is 37.8. The van der Waals surface area contributed by atoms with Crippen molar-refractivity contribution in [1.82, 2.24) is 31.4 Å². The first-order valence-corrected chi connectivity index (χ1v) is 16.8. The average molecular weight is 705 g/mol. The van der Waals surface area contributed by atoms with Crippen LogP contribution in [0.5, 0.6) is 0 Å². The number of aliphatic hydroxyl groups excluding tert-OH is 1. The molecule has 51 heavy (non-hydrogen) atoms. The molecule has 1 unspecified atom stereocenters. The van der Waals surface area contributed by atoms with Gasteiger partial charge in [-0.3, -0.25) is 9.78 Å². The van der Waals surface area contributed by atoms with Gasteiger partial charge >= 0.3 is 12.2 Å². The Morgan fingerprint density at radius 1 is 0.863 bits per heavy atom. The number of pyridine rings is 1. The third kappa shape index (κ3) is 12.8. The summed E-state index contributed by atoms with van der Waals surface area (Å²) in [7, 11) is 1.21. The highest BCUT2D eigenvalue weighted by Crippen LogP contribution is 2.24. The predicted octanol–water partition coefficient (Wildman–Crippen LogP) is 4.16. The number of amides is 3. The maximum absolute atomic E-state index is 13.8. The summed E-state index contributed by atoms with van der Waals surface area (Å²) in [6.07, 6.45) is -0.645. The third-order valence-electron chi connectivity index (χ3n) is 8.41. The molecule has 6 N–H and O–H groups in total. The number of carbonyl (C=O) groups is 4. The van der Waals surface area contributed by atoms with E-state index in [4.69, 9.17) is 4.74 Å². The molecule has 0 aliphatic carbocycles. The number of rotatable bonds is 16. The highest BCUT2D eigenvalue weighted by atomic mass is 16.5. The van der Waals surface area contributed by atoms with Gasteiger partial charge in [-0.2, -0.15) is 0 Å². The van der Waals surface area contributed by atoms with Crippen molar-refractivity contribution in [3.63, 3.8) is 0 Å². The van der Waals surface area contributed by atoms with Crippen molar-refractivity contribution in [3.05, 3.63) is 90.1 Å². The molecule has 0 fully saturated rings. The van der Waals surface area contributed by atoms with Crippen LogP contribution >= 0.6 is 0 Å². The number of alkyl carbamates (subject to hydrolysis) is 1. The van der Waals surface area contributed by atoms with Crippen LogP contribution in [0.2, 0.25) is 0 Å². The summed E-state index contributed by atoms with van der Waals surface area (Å²) in [5.41, 5.74) is 5.20. The van der Waals surface area contributed by atoms with Crippen molar-refractivity contribution < 1.29 is 34.1 Å². The Bertz CT molecular complexity index is 1560. The summed E-state index contributed by atoms with van der Waals surface area (Å²) in [6.45, 7) is 11.0. The van der Waals surface area contributed by atoms with Gasteiger partial charge in [0.2, 0.25) is 5.91 Å². The number of carboxylic acid groups (broad SMARTS) is 1. The van der Waals surface area contributed by atoms with Gasteiger partial charge in [-0.15, -0.1) is 0 Å². The van der Waals surface area contributed by atoms with Gasteiger partial charge in [0.25, 0.3) is 0 Å². The minimum Gasteiger partial charge on any atom is -0.465 e. The van der Waals surface area contributed by atoms with E-state index < -0.39 is 59.2 Å². The molecule has 3 aromatic rings. The van der Waals surface area contributed by atoms with E-state index in [1.807, 2.05) is 93.6 Å². The lowest BCUT2D eigenvalue weighted by atomic mass is 9.83. The quantitative estimate of drug-likeness (QED) is 0.0936. The fourth-order valence-corrected chi connectivity index (χ4v) is 5.69. The normalized spacial score (nSPS) is 14.8. The lowest BCUT2D eigenvalue weighted by Gasteiger charge is -2.39. The van der Waals surface area contributed by atoms with Crippen LogP contribution in [0.25, 0.3) is 11.3 Å². The van der Waals surface area contributed by atoms with Gasteiger partial charge in [0, 0.05) is 24.8 Å². The standard InChI is InChI=1S/C38H52N6O7/c1-37(2,3)32(41-35(48)49)30(24-45)43-44(22-26-16-18-27(19-17-26)28-15-11-12-20-39-28)23-31(46)29(21-25-13-9-8-10-14-25)40-34(47)33(38(4,5)6)42-36(50)51-7/h8-20,24,29-33,41,43,46H,21-23H2,1-7H3,(H,40,47)(H,42,50)(H,48,49)/t29-,30?,31-,32+,33+/m0/s1. The Hall–Kier alpha value is -4.85. The number of hydrogen-bond acceptors (Lipinski definition) is 9. The van der Waals surface area contributed by atoms with E-state index >= 15 is 0 Å². The van der Waals surface area contributed by atoms with Crippen LogP contribution in [-0.4, -0.2) is 88.5 Å². The molecule has 0 spiro atoms. The number of aliphatic hydroxyl groups is 1. The monoisotopic (exact) mass is 704 g/mol. The van der Waals surface area contributed by atoms with E-state index in [0.717, 1.165) is 22.4 Å². The fraction of sp³-hybridized carbons (Fsp3) is 0.447. The summed E-state index contributed by atoms with van der Waals surface area (Å²) < 4.78 is 4.76. The van der Waals surface area contributed by atoms with Crippen molar-refractivity contribution in [1.29, 1.82) is 0 Å². The topological polar surface area (TPSA) is 182 Å². The number of nitrogens with one attached hydrogen (secondary N) is 4. The van der Waals surface area contributed by atoms with Crippen molar-refractivity contribution in [2.75, 3.05) is 13.7 Å². The molecule has 13 heteroatoms. The molecule has 3 amide bonds. The van der Waals surface area contributed by atoms with Crippen molar-refractivity contribution in [2.24, 2.45) is 10.8 Å². The third-order valence-corrected chi connectivity index (χ3v) is 8.41. The van der Waals surface area contributed by atoms with Crippen LogP contribution in [0, 0.1) is 10.8 Å². The number of carbonyl (C=O) groups excluding carboxylic acids is 3. The second-order valence-electron chi connectivity index (χ2n) is 14.7. The predicted molar refractivity (Wildman–Crippen MR) is 194 cm³/mol. The number of ether oxygens (including phenoxy) is 1. The Kier molecular flexibility index (Phi) is 14.6. The maximum atomic E-state index is 13.8. The molecule has 5 atom stereocenters. The minimum atomic E-state index is -1.28. The van der Waals surface area contributed by atoms with Gasteiger partial charge in [-0.1, -0.05) is 102 Å². The number of aldehydes is 1. The summed E-state index contributed by atoms with van der Waals surface area (Å²) in [5, 5.41) is 31.2. The second kappa shape index (κ2) is 18.4. The van der Waals surface area contributed by atoms with Gasteiger partial charge in [0.1, 0.15) is 12.3 Å². The van der Waals surface area contributed by atoms with E-state index in [0.29, 0.717) is 6.29 Å². The fourth-order valence-electron chi connectivity index (χ4n) is 5.69. The lowest BCUT2D eigenvalue weighted by molar-refractivity contribution is -0.127. The highest BCUT2D eigenvalue weighted by Gasteiger charge is 2.37. The summed E-state index contributed by atoms with van der Waals surface area (Å²) in [5.74, 6) is -0.512. The van der Waals surface area contributed by atoms with Crippen LogP contribution in [-0.2, 0) is 27.3 Å². The van der Waals surface area contributed by atoms with Gasteiger partial charge in [0.05, 0.1) is 37.0 Å². The number of nitrogens with zero attached hydrogens (tertiary/aromatic N) is 2. The van der Waals surface area contributed by atoms with Gasteiger partial charge in [0.15, 0.2) is 0 Å². The smallest absolute Gasteiger partial charge is 0.407 e. The first kappa shape index (κ1) is 40.6. The summed E-state index contributed by atoms with van der Waals surface area (Å²) in [6, 6.07) is 19.0. The SMILES string of the molecule is COC(=O)N[C@H](C(=O)N[C@@H](Cc1ccccc1)[C@@H](O)CN(Cc1ccc(-c2ccccn2)cc1)NC(C=O)[C@@H](NC(=O)O)C(C)(C)C)C(C)(C)C. The number of methoxy groups -OCH3 is 1. The Morgan fingerprint density at radius 3 is 2.04 bits per heavy atom. The molecule has 1 aromatic heterocycles. The number of hydrogen-bond donors (Lipinski definition) is 6. The van der Waals surface area contributed by atoms with E-state index in [1.165, 1.54) is 7.11 Å². The zero-order valence-electron chi connectivity index (χ0n) is 30.4. The largest absolute Gasteiger partial charge is 0.465 e. The van der Waals surface area contributed by atoms with Crippen molar-refractivity contribution in [3.8, 4) is 11.3 Å². The van der Waals surface area contributed by atoms with Crippen LogP contribution < -0.4 is 21.4 Å². The zero-order valence-corrected chi connectivity index (χ0v) is 30.4. The second-order valence-corrected chi connectivity index (χ2v) is 14.7. The van der Waals surface area contributed by atoms with Crippen molar-refractivity contribution >= 4 is 24.4 Å². The summed E-state index contributed by atoms with van der Waals surface area (Å²) in [4.78, 5) is 54.7.